The van der Waals surface area contributed by atoms with E-state index in [1.165, 1.54) is 0 Å². The molecule has 0 N–H and O–H groups in total. The molecule has 0 radical (unpaired) electrons. The van der Waals surface area contributed by atoms with Crippen molar-refractivity contribution in [2.75, 3.05) is 7.11 Å². The molecule has 20 heavy (non-hydrogen) atoms. The molecule has 1 atom stereocenters. The molecule has 4 heteroatoms. The summed E-state index contributed by atoms with van der Waals surface area (Å²) in [6.45, 7) is 7.38. The van der Waals surface area contributed by atoms with Crippen LogP contribution in [-0.2, 0) is 9.53 Å². The number of hydrogen-bond donors (Lipinski definition) is 0. The van der Waals surface area contributed by atoms with E-state index in [1.807, 2.05) is 45.9 Å². The molecule has 108 valence electrons. The van der Waals surface area contributed by atoms with Crippen molar-refractivity contribution in [3.63, 3.8) is 0 Å². The van der Waals surface area contributed by atoms with Crippen LogP contribution in [0.5, 0.6) is 5.75 Å². The van der Waals surface area contributed by atoms with Crippen molar-refractivity contribution in [1.29, 1.82) is 0 Å². The van der Waals surface area contributed by atoms with Gasteiger partial charge in [-0.2, -0.15) is 0 Å². The molecule has 0 fully saturated rings. The number of ether oxygens (including phenoxy) is 2. The van der Waals surface area contributed by atoms with Crippen molar-refractivity contribution in [3.8, 4) is 5.75 Å². The molecule has 1 aromatic carbocycles. The van der Waals surface area contributed by atoms with Gasteiger partial charge in [-0.3, -0.25) is 4.79 Å². The van der Waals surface area contributed by atoms with E-state index < -0.39 is 5.60 Å². The Balaban J connectivity index is 2.34. The maximum Gasteiger partial charge on any atom is 0.313 e. The summed E-state index contributed by atoms with van der Waals surface area (Å²) in [5.74, 6) is 0.0599. The van der Waals surface area contributed by atoms with Gasteiger partial charge in [0, 0.05) is 0 Å². The Hall–Kier alpha value is -1.97. The van der Waals surface area contributed by atoms with Crippen LogP contribution in [0.15, 0.2) is 28.9 Å². The lowest BCUT2D eigenvalue weighted by Gasteiger charge is -2.22. The molecule has 0 saturated heterocycles. The van der Waals surface area contributed by atoms with E-state index >= 15 is 0 Å². The van der Waals surface area contributed by atoms with E-state index in [4.69, 9.17) is 13.9 Å². The highest BCUT2D eigenvalue weighted by molar-refractivity contribution is 5.87. The molecule has 0 aliphatic heterocycles. The van der Waals surface area contributed by atoms with Gasteiger partial charge in [0.05, 0.1) is 24.7 Å². The zero-order valence-corrected chi connectivity index (χ0v) is 12.5. The van der Waals surface area contributed by atoms with E-state index in [-0.39, 0.29) is 11.9 Å². The van der Waals surface area contributed by atoms with E-state index in [0.29, 0.717) is 11.3 Å². The summed E-state index contributed by atoms with van der Waals surface area (Å²) in [5, 5.41) is 0.896. The van der Waals surface area contributed by atoms with Gasteiger partial charge < -0.3 is 13.9 Å². The summed E-state index contributed by atoms with van der Waals surface area (Å²) < 4.78 is 16.2. The van der Waals surface area contributed by atoms with Crippen LogP contribution >= 0.6 is 0 Å². The number of furan rings is 1. The van der Waals surface area contributed by atoms with Crippen LogP contribution in [0.1, 0.15) is 39.2 Å². The minimum absolute atomic E-state index is 0.259. The third-order valence-electron chi connectivity index (χ3n) is 3.04. The zero-order valence-electron chi connectivity index (χ0n) is 12.5. The van der Waals surface area contributed by atoms with Crippen LogP contribution in [-0.4, -0.2) is 18.7 Å². The number of rotatable bonds is 3. The van der Waals surface area contributed by atoms with E-state index in [0.717, 1.165) is 10.9 Å². The lowest BCUT2D eigenvalue weighted by Crippen LogP contribution is -2.26. The maximum atomic E-state index is 12.1. The normalized spacial score (nSPS) is 13.2. The lowest BCUT2D eigenvalue weighted by molar-refractivity contribution is -0.156. The van der Waals surface area contributed by atoms with Crippen molar-refractivity contribution < 1.29 is 18.7 Å². The highest BCUT2D eigenvalue weighted by Gasteiger charge is 2.24. The standard InChI is InChI=1S/C16H20O4/c1-10(15(17)20-16(2,3)4)11-8-13(18-5)12-6-7-19-14(12)9-11/h6-10H,1-5H3. The highest BCUT2D eigenvalue weighted by atomic mass is 16.6. The number of hydrogen-bond acceptors (Lipinski definition) is 4. The van der Waals surface area contributed by atoms with E-state index in [2.05, 4.69) is 0 Å². The minimum atomic E-state index is -0.496. The highest BCUT2D eigenvalue weighted by Crippen LogP contribution is 2.32. The molecule has 2 aromatic rings. The summed E-state index contributed by atoms with van der Waals surface area (Å²) in [6.07, 6.45) is 1.61. The fourth-order valence-corrected chi connectivity index (χ4v) is 2.00. The smallest absolute Gasteiger partial charge is 0.313 e. The first-order valence-corrected chi connectivity index (χ1v) is 6.60. The topological polar surface area (TPSA) is 48.7 Å². The number of esters is 1. The van der Waals surface area contributed by atoms with Crippen LogP contribution in [0.3, 0.4) is 0 Å². The van der Waals surface area contributed by atoms with Crippen LogP contribution in [0.25, 0.3) is 11.0 Å². The molecule has 1 unspecified atom stereocenters. The molecule has 4 nitrogen and oxygen atoms in total. The summed E-state index contributed by atoms with van der Waals surface area (Å²) in [5.41, 5.74) is 1.03. The van der Waals surface area contributed by atoms with Crippen molar-refractivity contribution in [2.24, 2.45) is 0 Å². The van der Waals surface area contributed by atoms with Crippen molar-refractivity contribution in [2.45, 2.75) is 39.2 Å². The number of benzene rings is 1. The van der Waals surface area contributed by atoms with Crippen LogP contribution in [0.2, 0.25) is 0 Å². The Morgan fingerprint density at radius 1 is 1.30 bits per heavy atom. The second kappa shape index (κ2) is 5.19. The Morgan fingerprint density at radius 2 is 2.00 bits per heavy atom. The van der Waals surface area contributed by atoms with Gasteiger partial charge in [-0.1, -0.05) is 0 Å². The van der Waals surface area contributed by atoms with Crippen molar-refractivity contribution >= 4 is 16.9 Å². The molecule has 0 aliphatic carbocycles. The van der Waals surface area contributed by atoms with Crippen molar-refractivity contribution in [3.05, 3.63) is 30.0 Å². The number of carbonyl (C=O) groups is 1. The monoisotopic (exact) mass is 276 g/mol. The fraction of sp³-hybridized carbons (Fsp3) is 0.438. The van der Waals surface area contributed by atoms with E-state index in [1.54, 1.807) is 13.4 Å². The molecule has 0 bridgehead atoms. The molecule has 0 spiro atoms. The van der Waals surface area contributed by atoms with Crippen LogP contribution in [0, 0.1) is 0 Å². The van der Waals surface area contributed by atoms with Crippen molar-refractivity contribution in [1.82, 2.24) is 0 Å². The van der Waals surface area contributed by atoms with Gasteiger partial charge in [0.2, 0.25) is 0 Å². The van der Waals surface area contributed by atoms with Gasteiger partial charge in [-0.25, -0.2) is 0 Å². The predicted octanol–water partition coefficient (Wildman–Crippen LogP) is 3.89. The van der Waals surface area contributed by atoms with Gasteiger partial charge >= 0.3 is 5.97 Å². The van der Waals surface area contributed by atoms with Crippen LogP contribution < -0.4 is 4.74 Å². The second-order valence-electron chi connectivity index (χ2n) is 5.81. The first kappa shape index (κ1) is 14.4. The first-order valence-electron chi connectivity index (χ1n) is 6.60. The maximum absolute atomic E-state index is 12.1. The molecule has 0 amide bonds. The molecule has 0 aliphatic rings. The minimum Gasteiger partial charge on any atom is -0.496 e. The van der Waals surface area contributed by atoms with Gasteiger partial charge in [0.1, 0.15) is 16.9 Å². The third-order valence-corrected chi connectivity index (χ3v) is 3.04. The van der Waals surface area contributed by atoms with Gasteiger partial charge in [-0.15, -0.1) is 0 Å². The molecule has 1 heterocycles. The average molecular weight is 276 g/mol. The average Bonchev–Trinajstić information content (AvgIpc) is 2.82. The SMILES string of the molecule is COc1cc(C(C)C(=O)OC(C)(C)C)cc2occc12. The zero-order chi connectivity index (χ0) is 14.9. The summed E-state index contributed by atoms with van der Waals surface area (Å²) in [7, 11) is 1.60. The fourth-order valence-electron chi connectivity index (χ4n) is 2.00. The Labute approximate surface area is 118 Å². The summed E-state index contributed by atoms with van der Waals surface area (Å²) in [4.78, 5) is 12.1. The Kier molecular flexibility index (Phi) is 3.75. The quantitative estimate of drug-likeness (QED) is 0.798. The van der Waals surface area contributed by atoms with E-state index in [9.17, 15) is 4.79 Å². The van der Waals surface area contributed by atoms with Crippen LogP contribution in [0.4, 0.5) is 0 Å². The molecular weight excluding hydrogens is 256 g/mol. The predicted molar refractivity (Wildman–Crippen MR) is 77.0 cm³/mol. The van der Waals surface area contributed by atoms with Gasteiger partial charge in [-0.05, 0) is 51.5 Å². The number of fused-ring (bicyclic) bond motifs is 1. The molecule has 1 aromatic heterocycles. The molecule has 2 rings (SSSR count). The van der Waals surface area contributed by atoms with Gasteiger partial charge in [0.25, 0.3) is 0 Å². The Bertz CT molecular complexity index is 619. The largest absolute Gasteiger partial charge is 0.496 e. The number of carbonyl (C=O) groups excluding carboxylic acids is 1. The second-order valence-corrected chi connectivity index (χ2v) is 5.81. The Morgan fingerprint density at radius 3 is 2.60 bits per heavy atom. The molecular formula is C16H20O4. The molecule has 0 saturated carbocycles. The lowest BCUT2D eigenvalue weighted by atomic mass is 9.99. The summed E-state index contributed by atoms with van der Waals surface area (Å²) >= 11 is 0. The first-order chi connectivity index (χ1) is 9.31. The number of methoxy groups -OCH3 is 1. The third kappa shape index (κ3) is 2.95. The summed E-state index contributed by atoms with van der Waals surface area (Å²) in [6, 6.07) is 5.55. The van der Waals surface area contributed by atoms with Gasteiger partial charge in [0.15, 0.2) is 0 Å².